The van der Waals surface area contributed by atoms with Crippen LogP contribution in [0.1, 0.15) is 11.4 Å². The van der Waals surface area contributed by atoms with E-state index in [9.17, 15) is 9.59 Å². The zero-order chi connectivity index (χ0) is 15.8. The van der Waals surface area contributed by atoms with E-state index in [1.54, 1.807) is 24.3 Å². The molecule has 1 aliphatic heterocycles. The molecule has 0 aliphatic carbocycles. The van der Waals surface area contributed by atoms with Crippen molar-refractivity contribution < 1.29 is 4.79 Å². The maximum absolute atomic E-state index is 12.2. The third kappa shape index (κ3) is 2.42. The minimum Gasteiger partial charge on any atom is -0.322 e. The van der Waals surface area contributed by atoms with Gasteiger partial charge in [-0.3, -0.25) is 9.59 Å². The first kappa shape index (κ1) is 13.5. The van der Waals surface area contributed by atoms with E-state index in [2.05, 4.69) is 15.3 Å². The molecule has 1 aromatic heterocycles. The number of H-pyrrole nitrogens is 1. The van der Waals surface area contributed by atoms with Crippen LogP contribution in [0.5, 0.6) is 0 Å². The highest BCUT2D eigenvalue weighted by Gasteiger charge is 2.19. The molecule has 0 radical (unpaired) electrons. The zero-order valence-corrected chi connectivity index (χ0v) is 12.2. The number of hydrogen-bond acceptors (Lipinski definition) is 3. The highest BCUT2D eigenvalue weighted by molar-refractivity contribution is 6.09. The average molecular weight is 303 g/mol. The molecule has 0 saturated carbocycles. The van der Waals surface area contributed by atoms with Crippen molar-refractivity contribution in [2.45, 2.75) is 6.42 Å². The van der Waals surface area contributed by atoms with Crippen molar-refractivity contribution in [3.05, 3.63) is 75.8 Å². The molecule has 1 aliphatic rings. The number of carbonyl (C=O) groups excluding carboxylic acids is 1. The molecule has 0 atom stereocenters. The first-order chi connectivity index (χ1) is 11.2. The summed E-state index contributed by atoms with van der Waals surface area (Å²) >= 11 is 0. The number of fused-ring (bicyclic) bond motifs is 2. The Morgan fingerprint density at radius 2 is 1.78 bits per heavy atom. The molecule has 1 amide bonds. The van der Waals surface area contributed by atoms with Gasteiger partial charge in [0, 0.05) is 17.7 Å². The molecule has 0 spiro atoms. The van der Waals surface area contributed by atoms with E-state index in [-0.39, 0.29) is 11.5 Å². The van der Waals surface area contributed by atoms with Crippen LogP contribution in [0, 0.1) is 0 Å². The van der Waals surface area contributed by atoms with Crippen LogP contribution in [-0.2, 0) is 11.2 Å². The second kappa shape index (κ2) is 5.21. The minimum atomic E-state index is -0.209. The van der Waals surface area contributed by atoms with Crippen molar-refractivity contribution in [1.29, 1.82) is 0 Å². The predicted octanol–water partition coefficient (Wildman–Crippen LogP) is 2.50. The quantitative estimate of drug-likeness (QED) is 0.678. The smallest absolute Gasteiger partial charge is 0.259 e. The number of aromatic nitrogens is 2. The third-order valence-electron chi connectivity index (χ3n) is 3.88. The largest absolute Gasteiger partial charge is 0.322 e. The van der Waals surface area contributed by atoms with E-state index in [1.165, 1.54) is 0 Å². The number of nitrogens with zero attached hydrogens (tertiary/aromatic N) is 1. The molecule has 0 saturated heterocycles. The second-order valence-electron chi connectivity index (χ2n) is 5.43. The molecule has 5 heteroatoms. The molecule has 112 valence electrons. The molecule has 0 bridgehead atoms. The monoisotopic (exact) mass is 303 g/mol. The number of para-hydroxylation sites is 2. The van der Waals surface area contributed by atoms with Crippen LogP contribution in [0.3, 0.4) is 0 Å². The van der Waals surface area contributed by atoms with Crippen LogP contribution < -0.4 is 10.9 Å². The topological polar surface area (TPSA) is 74.8 Å². The molecular formula is C18H13N3O2. The van der Waals surface area contributed by atoms with Crippen LogP contribution in [0.25, 0.3) is 17.0 Å². The van der Waals surface area contributed by atoms with Gasteiger partial charge in [0.05, 0.1) is 10.9 Å². The Morgan fingerprint density at radius 1 is 1.00 bits per heavy atom. The van der Waals surface area contributed by atoms with Gasteiger partial charge in [-0.1, -0.05) is 30.3 Å². The van der Waals surface area contributed by atoms with E-state index >= 15 is 0 Å². The van der Waals surface area contributed by atoms with E-state index in [0.717, 1.165) is 11.3 Å². The summed E-state index contributed by atoms with van der Waals surface area (Å²) in [6.07, 6.45) is 2.15. The van der Waals surface area contributed by atoms with Gasteiger partial charge in [0.15, 0.2) is 0 Å². The average Bonchev–Trinajstić information content (AvgIpc) is 2.56. The summed E-state index contributed by atoms with van der Waals surface area (Å²) in [6.45, 7) is 0. The van der Waals surface area contributed by atoms with Gasteiger partial charge in [-0.05, 0) is 29.8 Å². The maximum Gasteiger partial charge on any atom is 0.259 e. The maximum atomic E-state index is 12.2. The van der Waals surface area contributed by atoms with Crippen LogP contribution >= 0.6 is 0 Å². The Balaban J connectivity index is 1.79. The Hall–Kier alpha value is -3.21. The predicted molar refractivity (Wildman–Crippen MR) is 89.1 cm³/mol. The van der Waals surface area contributed by atoms with Gasteiger partial charge in [-0.25, -0.2) is 4.98 Å². The number of benzene rings is 2. The van der Waals surface area contributed by atoms with Gasteiger partial charge in [0.25, 0.3) is 11.5 Å². The Kier molecular flexibility index (Phi) is 3.05. The molecule has 4 rings (SSSR count). The highest BCUT2D eigenvalue weighted by atomic mass is 16.1. The number of rotatable bonds is 1. The number of carbonyl (C=O) groups is 1. The van der Waals surface area contributed by atoms with Crippen LogP contribution in [0.4, 0.5) is 5.69 Å². The Bertz CT molecular complexity index is 1020. The summed E-state index contributed by atoms with van der Waals surface area (Å²) in [5, 5.41) is 3.39. The lowest BCUT2D eigenvalue weighted by atomic mass is 9.98. The normalized spacial score (nSPS) is 15.5. The van der Waals surface area contributed by atoms with Crippen LogP contribution in [0.2, 0.25) is 0 Å². The number of anilines is 1. The number of aromatic amines is 1. The minimum absolute atomic E-state index is 0.167. The first-order valence-corrected chi connectivity index (χ1v) is 7.29. The fourth-order valence-corrected chi connectivity index (χ4v) is 2.74. The SMILES string of the molecule is O=C1Nc2ccccc2C/C1=C/c1nc2ccccc2c(=O)[nH]1. The summed E-state index contributed by atoms with van der Waals surface area (Å²) in [6, 6.07) is 14.8. The lowest BCUT2D eigenvalue weighted by molar-refractivity contribution is -0.113. The van der Waals surface area contributed by atoms with E-state index in [4.69, 9.17) is 0 Å². The molecular weight excluding hydrogens is 290 g/mol. The third-order valence-corrected chi connectivity index (χ3v) is 3.88. The fourth-order valence-electron chi connectivity index (χ4n) is 2.74. The van der Waals surface area contributed by atoms with Crippen molar-refractivity contribution in [3.63, 3.8) is 0 Å². The lowest BCUT2D eigenvalue weighted by Crippen LogP contribution is -2.22. The molecule has 3 aromatic rings. The van der Waals surface area contributed by atoms with Gasteiger partial charge in [-0.15, -0.1) is 0 Å². The van der Waals surface area contributed by atoms with E-state index in [0.29, 0.717) is 28.7 Å². The van der Waals surface area contributed by atoms with Gasteiger partial charge in [0.2, 0.25) is 0 Å². The Labute approximate surface area is 131 Å². The van der Waals surface area contributed by atoms with Crippen molar-refractivity contribution >= 4 is 28.6 Å². The molecule has 0 fully saturated rings. The fraction of sp³-hybridized carbons (Fsp3) is 0.0556. The van der Waals surface area contributed by atoms with Crippen molar-refractivity contribution in [2.24, 2.45) is 0 Å². The molecule has 2 heterocycles. The second-order valence-corrected chi connectivity index (χ2v) is 5.43. The standard InChI is InChI=1S/C18H13N3O2/c22-17-12(9-11-5-1-3-7-14(11)20-17)10-16-19-15-8-4-2-6-13(15)18(23)21-16/h1-8,10H,9H2,(H,20,22)(H,19,21,23)/b12-10-. The molecule has 5 nitrogen and oxygen atoms in total. The van der Waals surface area contributed by atoms with Crippen molar-refractivity contribution in [1.82, 2.24) is 9.97 Å². The summed E-state index contributed by atoms with van der Waals surface area (Å²) < 4.78 is 0. The van der Waals surface area contributed by atoms with Gasteiger partial charge >= 0.3 is 0 Å². The summed E-state index contributed by atoms with van der Waals surface area (Å²) in [7, 11) is 0. The highest BCUT2D eigenvalue weighted by Crippen LogP contribution is 2.25. The summed E-state index contributed by atoms with van der Waals surface area (Å²) in [4.78, 5) is 31.4. The number of amides is 1. The first-order valence-electron chi connectivity index (χ1n) is 7.29. The Morgan fingerprint density at radius 3 is 2.70 bits per heavy atom. The van der Waals surface area contributed by atoms with E-state index in [1.807, 2.05) is 30.3 Å². The summed E-state index contributed by atoms with van der Waals surface area (Å²) in [5.74, 6) is 0.220. The van der Waals surface area contributed by atoms with Crippen LogP contribution in [-0.4, -0.2) is 15.9 Å². The lowest BCUT2D eigenvalue weighted by Gasteiger charge is -2.18. The zero-order valence-electron chi connectivity index (χ0n) is 12.2. The summed E-state index contributed by atoms with van der Waals surface area (Å²) in [5.41, 5.74) is 2.84. The molecule has 0 unspecified atom stereocenters. The van der Waals surface area contributed by atoms with Crippen molar-refractivity contribution in [2.75, 3.05) is 5.32 Å². The van der Waals surface area contributed by atoms with E-state index < -0.39 is 0 Å². The van der Waals surface area contributed by atoms with Crippen molar-refractivity contribution in [3.8, 4) is 0 Å². The molecule has 2 aromatic carbocycles. The van der Waals surface area contributed by atoms with Crippen LogP contribution in [0.15, 0.2) is 58.9 Å². The molecule has 2 N–H and O–H groups in total. The van der Waals surface area contributed by atoms with Gasteiger partial charge < -0.3 is 10.3 Å². The number of hydrogen-bond donors (Lipinski definition) is 2. The molecule has 23 heavy (non-hydrogen) atoms. The van der Waals surface area contributed by atoms with Gasteiger partial charge in [-0.2, -0.15) is 0 Å². The number of nitrogens with one attached hydrogen (secondary N) is 2. The van der Waals surface area contributed by atoms with Gasteiger partial charge in [0.1, 0.15) is 5.82 Å².